The summed E-state index contributed by atoms with van der Waals surface area (Å²) in [4.78, 5) is 4.58. The molecule has 0 aliphatic carbocycles. The van der Waals surface area contributed by atoms with Crippen molar-refractivity contribution in [2.45, 2.75) is 27.2 Å². The molecule has 0 radical (unpaired) electrons. The zero-order valence-corrected chi connectivity index (χ0v) is 14.6. The highest BCUT2D eigenvalue weighted by atomic mass is 16.5. The lowest BCUT2D eigenvalue weighted by atomic mass is 10.1. The molecule has 0 atom stereocenters. The standard InChI is InChI=1S/C18H26N4O2/c1-4-19-18(20-11-10-17-14(2)22-24-15(17)3)21-12-13-23-16-8-6-5-7-9-16/h5-9H,4,10-13H2,1-3H3,(H2,19,20,21). The van der Waals surface area contributed by atoms with Crippen molar-refractivity contribution in [2.24, 2.45) is 4.99 Å². The fourth-order valence-corrected chi connectivity index (χ4v) is 2.34. The Hall–Kier alpha value is -2.50. The molecule has 0 saturated carbocycles. The summed E-state index contributed by atoms with van der Waals surface area (Å²) >= 11 is 0. The van der Waals surface area contributed by atoms with Crippen molar-refractivity contribution in [3.05, 3.63) is 47.3 Å². The molecule has 0 spiro atoms. The monoisotopic (exact) mass is 330 g/mol. The van der Waals surface area contributed by atoms with E-state index in [9.17, 15) is 0 Å². The van der Waals surface area contributed by atoms with Crippen LogP contribution >= 0.6 is 0 Å². The van der Waals surface area contributed by atoms with Crippen LogP contribution in [-0.4, -0.2) is 37.4 Å². The third-order valence-corrected chi connectivity index (χ3v) is 3.56. The molecule has 2 rings (SSSR count). The van der Waals surface area contributed by atoms with Gasteiger partial charge in [-0.05, 0) is 39.3 Å². The van der Waals surface area contributed by atoms with Gasteiger partial charge in [0.2, 0.25) is 0 Å². The van der Waals surface area contributed by atoms with Crippen LogP contribution in [0.2, 0.25) is 0 Å². The van der Waals surface area contributed by atoms with Crippen molar-refractivity contribution in [3.8, 4) is 5.75 Å². The fraction of sp³-hybridized carbons (Fsp3) is 0.444. The first-order valence-electron chi connectivity index (χ1n) is 8.32. The van der Waals surface area contributed by atoms with Gasteiger partial charge in [-0.1, -0.05) is 23.4 Å². The van der Waals surface area contributed by atoms with Crippen molar-refractivity contribution in [2.75, 3.05) is 26.2 Å². The van der Waals surface area contributed by atoms with Gasteiger partial charge in [0.25, 0.3) is 0 Å². The van der Waals surface area contributed by atoms with E-state index >= 15 is 0 Å². The average Bonchev–Trinajstić information content (AvgIpc) is 2.91. The van der Waals surface area contributed by atoms with Crippen molar-refractivity contribution < 1.29 is 9.26 Å². The predicted molar refractivity (Wildman–Crippen MR) is 95.6 cm³/mol. The average molecular weight is 330 g/mol. The topological polar surface area (TPSA) is 71.7 Å². The number of nitrogens with zero attached hydrogens (tertiary/aromatic N) is 2. The molecule has 0 fully saturated rings. The molecule has 0 amide bonds. The highest BCUT2D eigenvalue weighted by Crippen LogP contribution is 2.12. The van der Waals surface area contributed by atoms with Gasteiger partial charge in [-0.3, -0.25) is 4.99 Å². The van der Waals surface area contributed by atoms with Gasteiger partial charge in [0.15, 0.2) is 5.96 Å². The third kappa shape index (κ3) is 5.61. The number of para-hydroxylation sites is 1. The second-order valence-electron chi connectivity index (χ2n) is 5.40. The van der Waals surface area contributed by atoms with E-state index < -0.39 is 0 Å². The Labute approximate surface area is 143 Å². The lowest BCUT2D eigenvalue weighted by Gasteiger charge is -2.12. The summed E-state index contributed by atoms with van der Waals surface area (Å²) in [5, 5.41) is 10.5. The summed E-state index contributed by atoms with van der Waals surface area (Å²) in [6, 6.07) is 9.79. The molecule has 1 heterocycles. The molecule has 2 aromatic rings. The number of hydrogen-bond donors (Lipinski definition) is 2. The summed E-state index contributed by atoms with van der Waals surface area (Å²) < 4.78 is 10.8. The summed E-state index contributed by atoms with van der Waals surface area (Å²) in [5.74, 6) is 2.54. The summed E-state index contributed by atoms with van der Waals surface area (Å²) in [6.45, 7) is 8.70. The Balaban J connectivity index is 1.76. The number of rotatable bonds is 8. The zero-order chi connectivity index (χ0) is 17.2. The third-order valence-electron chi connectivity index (χ3n) is 3.56. The van der Waals surface area contributed by atoms with Crippen LogP contribution in [-0.2, 0) is 6.42 Å². The second-order valence-corrected chi connectivity index (χ2v) is 5.40. The Morgan fingerprint density at radius 1 is 1.21 bits per heavy atom. The van der Waals surface area contributed by atoms with E-state index in [2.05, 4.69) is 20.8 Å². The van der Waals surface area contributed by atoms with Crippen LogP contribution in [0.3, 0.4) is 0 Å². The maximum absolute atomic E-state index is 5.66. The Morgan fingerprint density at radius 3 is 2.67 bits per heavy atom. The van der Waals surface area contributed by atoms with E-state index in [1.54, 1.807) is 0 Å². The van der Waals surface area contributed by atoms with Crippen molar-refractivity contribution in [1.29, 1.82) is 0 Å². The van der Waals surface area contributed by atoms with Gasteiger partial charge in [-0.25, -0.2) is 0 Å². The van der Waals surface area contributed by atoms with Gasteiger partial charge in [-0.2, -0.15) is 0 Å². The number of ether oxygens (including phenoxy) is 1. The molecular formula is C18H26N4O2. The zero-order valence-electron chi connectivity index (χ0n) is 14.6. The van der Waals surface area contributed by atoms with E-state index in [4.69, 9.17) is 9.26 Å². The number of nitrogens with one attached hydrogen (secondary N) is 2. The molecule has 24 heavy (non-hydrogen) atoms. The first-order valence-corrected chi connectivity index (χ1v) is 8.32. The summed E-state index contributed by atoms with van der Waals surface area (Å²) in [7, 11) is 0. The van der Waals surface area contributed by atoms with E-state index in [1.807, 2.05) is 51.1 Å². The van der Waals surface area contributed by atoms with E-state index in [1.165, 1.54) is 0 Å². The molecule has 0 bridgehead atoms. The number of aliphatic imine (C=N–C) groups is 1. The quantitative estimate of drug-likeness (QED) is 0.442. The van der Waals surface area contributed by atoms with Crippen molar-refractivity contribution in [1.82, 2.24) is 15.8 Å². The van der Waals surface area contributed by atoms with E-state index in [0.717, 1.165) is 41.7 Å². The minimum atomic E-state index is 0.582. The fourth-order valence-electron chi connectivity index (χ4n) is 2.34. The highest BCUT2D eigenvalue weighted by Gasteiger charge is 2.08. The highest BCUT2D eigenvalue weighted by molar-refractivity contribution is 5.79. The SMILES string of the molecule is CCNC(=NCCc1c(C)noc1C)NCCOc1ccccc1. The maximum atomic E-state index is 5.66. The molecule has 6 nitrogen and oxygen atoms in total. The van der Waals surface area contributed by atoms with Crippen LogP contribution in [0.4, 0.5) is 0 Å². The number of aromatic nitrogens is 1. The number of benzene rings is 1. The number of aryl methyl sites for hydroxylation is 2. The van der Waals surface area contributed by atoms with Crippen LogP contribution in [0.25, 0.3) is 0 Å². The molecule has 0 aliphatic heterocycles. The molecule has 0 saturated heterocycles. The second kappa shape index (κ2) is 9.60. The normalized spacial score (nSPS) is 11.4. The summed E-state index contributed by atoms with van der Waals surface area (Å²) in [6.07, 6.45) is 0.818. The summed E-state index contributed by atoms with van der Waals surface area (Å²) in [5.41, 5.74) is 2.08. The van der Waals surface area contributed by atoms with Crippen molar-refractivity contribution >= 4 is 5.96 Å². The Bertz CT molecular complexity index is 618. The van der Waals surface area contributed by atoms with Crippen LogP contribution in [0, 0.1) is 13.8 Å². The molecular weight excluding hydrogens is 304 g/mol. The molecule has 0 unspecified atom stereocenters. The maximum Gasteiger partial charge on any atom is 0.191 e. The van der Waals surface area contributed by atoms with E-state index in [-0.39, 0.29) is 0 Å². The smallest absolute Gasteiger partial charge is 0.191 e. The molecule has 6 heteroatoms. The predicted octanol–water partition coefficient (Wildman–Crippen LogP) is 2.47. The van der Waals surface area contributed by atoms with E-state index in [0.29, 0.717) is 19.7 Å². The molecule has 1 aromatic heterocycles. The molecule has 2 N–H and O–H groups in total. The lowest BCUT2D eigenvalue weighted by molar-refractivity contribution is 0.322. The van der Waals surface area contributed by atoms with Crippen LogP contribution in [0.5, 0.6) is 5.75 Å². The first kappa shape index (κ1) is 17.8. The molecule has 130 valence electrons. The van der Waals surface area contributed by atoms with Gasteiger partial charge in [-0.15, -0.1) is 0 Å². The van der Waals surface area contributed by atoms with Gasteiger partial charge < -0.3 is 19.9 Å². The minimum absolute atomic E-state index is 0.582. The van der Waals surface area contributed by atoms with Gasteiger partial charge in [0, 0.05) is 18.7 Å². The first-order chi connectivity index (χ1) is 11.7. The van der Waals surface area contributed by atoms with Gasteiger partial charge in [0.1, 0.15) is 18.1 Å². The van der Waals surface area contributed by atoms with Crippen molar-refractivity contribution in [3.63, 3.8) is 0 Å². The van der Waals surface area contributed by atoms with Gasteiger partial charge in [0.05, 0.1) is 12.2 Å². The van der Waals surface area contributed by atoms with Crippen LogP contribution in [0.15, 0.2) is 39.8 Å². The van der Waals surface area contributed by atoms with Crippen LogP contribution < -0.4 is 15.4 Å². The number of hydrogen-bond acceptors (Lipinski definition) is 4. The van der Waals surface area contributed by atoms with Gasteiger partial charge >= 0.3 is 0 Å². The van der Waals surface area contributed by atoms with Crippen LogP contribution in [0.1, 0.15) is 23.9 Å². The molecule has 0 aliphatic rings. The Kier molecular flexibility index (Phi) is 7.14. The Morgan fingerprint density at radius 2 is 2.00 bits per heavy atom. The lowest BCUT2D eigenvalue weighted by Crippen LogP contribution is -2.39. The number of guanidine groups is 1. The largest absolute Gasteiger partial charge is 0.492 e. The minimum Gasteiger partial charge on any atom is -0.492 e. The molecule has 1 aromatic carbocycles.